The third-order valence-corrected chi connectivity index (χ3v) is 5.11. The molecule has 0 radical (unpaired) electrons. The lowest BCUT2D eigenvalue weighted by molar-refractivity contribution is 0.00932. The summed E-state index contributed by atoms with van der Waals surface area (Å²) in [5, 5.41) is 0.677. The van der Waals surface area contributed by atoms with E-state index in [2.05, 4.69) is 23.7 Å². The Labute approximate surface area is 135 Å². The van der Waals surface area contributed by atoms with Crippen LogP contribution in [-0.2, 0) is 0 Å². The van der Waals surface area contributed by atoms with Gasteiger partial charge in [-0.1, -0.05) is 23.2 Å². The molecule has 21 heavy (non-hydrogen) atoms. The van der Waals surface area contributed by atoms with Crippen LogP contribution in [0.15, 0.2) is 12.3 Å². The molecule has 0 bridgehead atoms. The number of halogens is 2. The highest BCUT2D eigenvalue weighted by Crippen LogP contribution is 2.41. The quantitative estimate of drug-likeness (QED) is 0.783. The molecular weight excluding hydrogens is 309 g/mol. The average molecular weight is 328 g/mol. The Kier molecular flexibility index (Phi) is 3.89. The van der Waals surface area contributed by atoms with Crippen molar-refractivity contribution in [3.05, 3.63) is 28.0 Å². The van der Waals surface area contributed by atoms with E-state index < -0.39 is 0 Å². The van der Waals surface area contributed by atoms with E-state index in [1.165, 1.54) is 18.7 Å². The van der Waals surface area contributed by atoms with Crippen molar-refractivity contribution in [1.29, 1.82) is 0 Å². The summed E-state index contributed by atoms with van der Waals surface area (Å²) in [6.45, 7) is 8.28. The fourth-order valence-corrected chi connectivity index (χ4v) is 3.76. The van der Waals surface area contributed by atoms with E-state index in [9.17, 15) is 4.79 Å². The number of hydrogen-bond acceptors (Lipinski definition) is 3. The topological polar surface area (TPSA) is 36.4 Å². The Morgan fingerprint density at radius 1 is 1.33 bits per heavy atom. The minimum absolute atomic E-state index is 0.0437. The molecule has 2 aliphatic rings. The van der Waals surface area contributed by atoms with Gasteiger partial charge in [0, 0.05) is 37.3 Å². The monoisotopic (exact) mass is 327 g/mol. The van der Waals surface area contributed by atoms with Crippen molar-refractivity contribution in [2.24, 2.45) is 5.41 Å². The zero-order valence-electron chi connectivity index (χ0n) is 12.3. The molecule has 1 amide bonds. The fourth-order valence-electron chi connectivity index (χ4n) is 3.31. The van der Waals surface area contributed by atoms with Gasteiger partial charge in [-0.15, -0.1) is 0 Å². The van der Waals surface area contributed by atoms with Gasteiger partial charge >= 0.3 is 0 Å². The van der Waals surface area contributed by atoms with Crippen LogP contribution in [0.1, 0.15) is 30.6 Å². The van der Waals surface area contributed by atoms with Crippen LogP contribution in [0, 0.1) is 5.41 Å². The number of rotatable bonds is 2. The van der Waals surface area contributed by atoms with Gasteiger partial charge in [0.25, 0.3) is 5.91 Å². The highest BCUT2D eigenvalue weighted by Gasteiger charge is 2.49. The van der Waals surface area contributed by atoms with Gasteiger partial charge in [-0.2, -0.15) is 0 Å². The molecule has 4 nitrogen and oxygen atoms in total. The minimum Gasteiger partial charge on any atom is -0.337 e. The molecule has 1 aromatic rings. The summed E-state index contributed by atoms with van der Waals surface area (Å²) in [7, 11) is 0. The number of amides is 1. The molecule has 6 heteroatoms. The molecule has 0 aromatic carbocycles. The zero-order chi connectivity index (χ0) is 15.2. The molecule has 3 rings (SSSR count). The lowest BCUT2D eigenvalue weighted by Gasteiger charge is -2.48. The molecule has 0 atom stereocenters. The first-order valence-corrected chi connectivity index (χ1v) is 8.00. The van der Waals surface area contributed by atoms with Gasteiger partial charge in [0.1, 0.15) is 5.15 Å². The maximum absolute atomic E-state index is 12.5. The van der Waals surface area contributed by atoms with E-state index in [-0.39, 0.29) is 11.3 Å². The Morgan fingerprint density at radius 2 is 2.05 bits per heavy atom. The number of nitrogens with zero attached hydrogens (tertiary/aromatic N) is 3. The van der Waals surface area contributed by atoms with Gasteiger partial charge in [0.05, 0.1) is 10.6 Å². The Bertz CT molecular complexity index is 570. The number of aromatic nitrogens is 1. The van der Waals surface area contributed by atoms with E-state index >= 15 is 0 Å². The molecule has 0 aliphatic carbocycles. The normalized spacial score (nSPS) is 21.1. The van der Waals surface area contributed by atoms with Gasteiger partial charge in [-0.3, -0.25) is 4.79 Å². The number of pyridine rings is 1. The first-order chi connectivity index (χ1) is 9.90. The van der Waals surface area contributed by atoms with Crippen LogP contribution in [0.4, 0.5) is 0 Å². The highest BCUT2D eigenvalue weighted by molar-refractivity contribution is 6.36. The van der Waals surface area contributed by atoms with Crippen LogP contribution in [0.5, 0.6) is 0 Å². The van der Waals surface area contributed by atoms with E-state index in [0.29, 0.717) is 21.8 Å². The molecule has 114 valence electrons. The second kappa shape index (κ2) is 5.41. The van der Waals surface area contributed by atoms with Gasteiger partial charge in [-0.05, 0) is 32.9 Å². The van der Waals surface area contributed by atoms with Crippen LogP contribution < -0.4 is 0 Å². The van der Waals surface area contributed by atoms with Crippen LogP contribution in [0.25, 0.3) is 0 Å². The van der Waals surface area contributed by atoms with Gasteiger partial charge in [0.15, 0.2) is 0 Å². The molecule has 0 unspecified atom stereocenters. The Hall–Kier alpha value is -0.840. The summed E-state index contributed by atoms with van der Waals surface area (Å²) in [5.74, 6) is -0.0437. The molecule has 2 fully saturated rings. The molecule has 2 saturated heterocycles. The van der Waals surface area contributed by atoms with Crippen molar-refractivity contribution >= 4 is 29.1 Å². The number of hydrogen-bond donors (Lipinski definition) is 0. The van der Waals surface area contributed by atoms with Crippen molar-refractivity contribution in [3.8, 4) is 0 Å². The van der Waals surface area contributed by atoms with E-state index in [1.54, 1.807) is 0 Å². The van der Waals surface area contributed by atoms with Crippen molar-refractivity contribution in [1.82, 2.24) is 14.8 Å². The number of likely N-dealkylation sites (tertiary alicyclic amines) is 2. The lowest BCUT2D eigenvalue weighted by atomic mass is 9.78. The minimum atomic E-state index is -0.0437. The molecule has 2 aliphatic heterocycles. The molecule has 3 heterocycles. The molecule has 1 aromatic heterocycles. The summed E-state index contributed by atoms with van der Waals surface area (Å²) in [5.41, 5.74) is 0.723. The van der Waals surface area contributed by atoms with E-state index in [1.807, 2.05) is 4.90 Å². The molecule has 1 spiro atoms. The van der Waals surface area contributed by atoms with Crippen LogP contribution in [0.2, 0.25) is 10.2 Å². The lowest BCUT2D eigenvalue weighted by Crippen LogP contribution is -2.59. The van der Waals surface area contributed by atoms with Gasteiger partial charge in [0.2, 0.25) is 0 Å². The smallest absolute Gasteiger partial charge is 0.256 e. The van der Waals surface area contributed by atoms with Crippen LogP contribution in [-0.4, -0.2) is 52.9 Å². The summed E-state index contributed by atoms with van der Waals surface area (Å²) < 4.78 is 0. The predicted octanol–water partition coefficient (Wildman–Crippen LogP) is 2.94. The number of carbonyl (C=O) groups excluding carboxylic acids is 1. The Morgan fingerprint density at radius 3 is 2.62 bits per heavy atom. The first-order valence-electron chi connectivity index (χ1n) is 7.25. The molecule has 0 saturated carbocycles. The average Bonchev–Trinajstić information content (AvgIpc) is 2.81. The zero-order valence-corrected chi connectivity index (χ0v) is 13.8. The van der Waals surface area contributed by atoms with Gasteiger partial charge in [-0.25, -0.2) is 4.98 Å². The third-order valence-electron chi connectivity index (χ3n) is 4.59. The second-order valence-corrected chi connectivity index (χ2v) is 7.26. The van der Waals surface area contributed by atoms with Crippen LogP contribution >= 0.6 is 23.2 Å². The van der Waals surface area contributed by atoms with Crippen molar-refractivity contribution in [2.75, 3.05) is 26.2 Å². The Balaban J connectivity index is 1.65. The van der Waals surface area contributed by atoms with Crippen molar-refractivity contribution in [3.63, 3.8) is 0 Å². The summed E-state index contributed by atoms with van der Waals surface area (Å²) in [6, 6.07) is 2.09. The summed E-state index contributed by atoms with van der Waals surface area (Å²) in [6.07, 6.45) is 2.63. The third kappa shape index (κ3) is 2.77. The van der Waals surface area contributed by atoms with Crippen molar-refractivity contribution in [2.45, 2.75) is 26.3 Å². The molecular formula is C15H19Cl2N3O. The molecule has 0 N–H and O–H groups in total. The summed E-state index contributed by atoms with van der Waals surface area (Å²) in [4.78, 5) is 20.8. The van der Waals surface area contributed by atoms with E-state index in [0.717, 1.165) is 26.2 Å². The predicted molar refractivity (Wildman–Crippen MR) is 83.9 cm³/mol. The highest BCUT2D eigenvalue weighted by atomic mass is 35.5. The van der Waals surface area contributed by atoms with E-state index in [4.69, 9.17) is 23.2 Å². The van der Waals surface area contributed by atoms with Crippen molar-refractivity contribution < 1.29 is 4.79 Å². The maximum Gasteiger partial charge on any atom is 0.256 e. The first kappa shape index (κ1) is 15.1. The fraction of sp³-hybridized carbons (Fsp3) is 0.600. The number of carbonyl (C=O) groups is 1. The standard InChI is InChI=1S/C15H19Cl2N3O/c1-10(2)19-4-3-15(7-19)8-20(9-15)14(21)11-6-18-13(17)5-12(11)16/h5-6,10H,3-4,7-9H2,1-2H3. The second-order valence-electron chi connectivity index (χ2n) is 6.46. The largest absolute Gasteiger partial charge is 0.337 e. The maximum atomic E-state index is 12.5. The van der Waals surface area contributed by atoms with Crippen LogP contribution in [0.3, 0.4) is 0 Å². The van der Waals surface area contributed by atoms with Gasteiger partial charge < -0.3 is 9.80 Å². The SMILES string of the molecule is CC(C)N1CCC2(CN(C(=O)c3cnc(Cl)cc3Cl)C2)C1. The summed E-state index contributed by atoms with van der Waals surface area (Å²) >= 11 is 11.9.